The van der Waals surface area contributed by atoms with Crippen LogP contribution in [0.1, 0.15) is 101 Å². The molecule has 480 valence electrons. The Balaban J connectivity index is 1.37. The van der Waals surface area contributed by atoms with Gasteiger partial charge in [-0.2, -0.15) is 0 Å². The molecule has 4 aliphatic heterocycles. The number of carbonyl (C=O) groups is 11. The van der Waals surface area contributed by atoms with Crippen LogP contribution in [0.2, 0.25) is 0 Å². The van der Waals surface area contributed by atoms with Crippen LogP contribution in [0.25, 0.3) is 0 Å². The van der Waals surface area contributed by atoms with Gasteiger partial charge in [0.15, 0.2) is 55.3 Å². The Kier molecular flexibility index (Phi) is 22.9. The molecule has 3 fully saturated rings. The van der Waals surface area contributed by atoms with Gasteiger partial charge in [0.2, 0.25) is 12.2 Å². The molecule has 0 aliphatic carbocycles. The Hall–Kier alpha value is -7.83. The van der Waals surface area contributed by atoms with Crippen LogP contribution in [0.3, 0.4) is 0 Å². The summed E-state index contributed by atoms with van der Waals surface area (Å²) in [6.07, 6.45) is -27.1. The number of amides is 2. The number of nitrogens with zero attached hydrogens (tertiary/aromatic N) is 1. The molecule has 15 atom stereocenters. The molecule has 31 heteroatoms. The van der Waals surface area contributed by atoms with Gasteiger partial charge in [0.05, 0.1) is 28.9 Å². The largest absolute Gasteiger partial charge is 0.463 e. The predicted octanol–water partition coefficient (Wildman–Crippen LogP) is 4.44. The van der Waals surface area contributed by atoms with Gasteiger partial charge in [-0.1, -0.05) is 82.3 Å². The van der Waals surface area contributed by atoms with E-state index >= 15 is 0 Å². The summed E-state index contributed by atoms with van der Waals surface area (Å²) in [6.45, 7) is 7.72. The van der Waals surface area contributed by atoms with E-state index in [2.05, 4.69) is 0 Å². The number of nitrogens with one attached hydrogen (secondary N) is 1. The van der Waals surface area contributed by atoms with Crippen molar-refractivity contribution < 1.29 is 124 Å². The van der Waals surface area contributed by atoms with E-state index in [4.69, 9.17) is 111 Å². The van der Waals surface area contributed by atoms with Crippen molar-refractivity contribution in [1.82, 2.24) is 4.90 Å². The molecular weight excluding hydrogens is 1250 g/mol. The fraction of sp³-hybridized carbons (Fsp3) is 0.483. The van der Waals surface area contributed by atoms with E-state index < -0.39 is 187 Å². The Morgan fingerprint density at radius 1 is 0.449 bits per heavy atom. The van der Waals surface area contributed by atoms with Gasteiger partial charge in [0, 0.05) is 48.5 Å². The van der Waals surface area contributed by atoms with Crippen molar-refractivity contribution in [2.45, 2.75) is 158 Å². The molecule has 28 nitrogen and oxygen atoms in total. The van der Waals surface area contributed by atoms with Gasteiger partial charge in [0.25, 0.3) is 15.6 Å². The van der Waals surface area contributed by atoms with E-state index in [9.17, 15) is 52.7 Å². The summed E-state index contributed by atoms with van der Waals surface area (Å²) < 4.78 is 86.4. The number of halogens is 3. The molecule has 0 spiro atoms. The van der Waals surface area contributed by atoms with Crippen LogP contribution in [0.15, 0.2) is 72.8 Å². The Morgan fingerprint density at radius 2 is 0.820 bits per heavy atom. The minimum absolute atomic E-state index is 0.0849. The Morgan fingerprint density at radius 3 is 1.27 bits per heavy atom. The van der Waals surface area contributed by atoms with E-state index in [1.807, 2.05) is 0 Å². The highest BCUT2D eigenvalue weighted by atomic mass is 35.6. The first-order valence-corrected chi connectivity index (χ1v) is 28.3. The van der Waals surface area contributed by atoms with Gasteiger partial charge in [-0.3, -0.25) is 53.5 Å². The lowest BCUT2D eigenvalue weighted by molar-refractivity contribution is -0.364. The number of aryl methyl sites for hydroxylation is 2. The lowest BCUT2D eigenvalue weighted by Gasteiger charge is -2.49. The van der Waals surface area contributed by atoms with Gasteiger partial charge >= 0.3 is 53.7 Å². The maximum atomic E-state index is 14.6. The molecular formula is C58H61Cl3N2O26. The quantitative estimate of drug-likeness (QED) is 0.0408. The van der Waals surface area contributed by atoms with Crippen molar-refractivity contribution >= 4 is 106 Å². The minimum Gasteiger partial charge on any atom is -0.463 e. The van der Waals surface area contributed by atoms with Gasteiger partial charge in [0.1, 0.15) is 43.7 Å². The highest BCUT2D eigenvalue weighted by Crippen LogP contribution is 2.40. The molecule has 7 rings (SSSR count). The Bertz CT molecular complexity index is 3160. The van der Waals surface area contributed by atoms with Gasteiger partial charge in [-0.25, -0.2) is 9.59 Å². The lowest BCUT2D eigenvalue weighted by atomic mass is 9.94. The normalized spacial score (nSPS) is 27.3. The number of ether oxygens (including phenoxy) is 15. The van der Waals surface area contributed by atoms with Crippen molar-refractivity contribution in [2.75, 3.05) is 19.8 Å². The van der Waals surface area contributed by atoms with Gasteiger partial charge in [-0.15, -0.1) is 0 Å². The molecule has 0 radical (unpaired) electrons. The van der Waals surface area contributed by atoms with E-state index in [0.717, 1.165) is 59.6 Å². The number of hydrogen-bond donors (Lipinski definition) is 1. The SMILES string of the molecule is CC(=O)OC[C@H]1O[C@@H](O[C@H]2[C@H](OC(C)=O)[C@@H](OC(C)=O)[C@H](OC[C@H]3O[C@@H](OC(=N)C(Cl)(Cl)Cl)[C@H](N4C(=O)c5ccccc5C4=O)[C@@H](OC(=O)c4ccc(C)cc4)[C@@H]3OC(=O)c3ccc(C)cc3)O[C@@H]2COC(C)=O)[C@H](OC(C)=O)[C@@H](OC(C)=O)[C@H]1OC(C)=O. The topological polar surface area (TPSA) is 353 Å². The molecule has 3 aromatic carbocycles. The summed E-state index contributed by atoms with van der Waals surface area (Å²) >= 11 is 18.5. The standard InChI is InChI=1S/C58H61Cl3N2O26/c1-25-14-18-34(19-15-25)52(73)86-42-40(83-54(89-57(62)58(59,60)61)41(45(42)87-53(74)35-20-16-26(2)17-21-35)63-50(71)36-12-10-11-13-37(36)51(63)72)24-77-55-48(81-32(8)69)47(80-31(7)68)44(39(84-55)23-76-28(4)65)88-56-49(82-33(9)70)46(79-30(6)67)43(78-29(5)66)38(85-56)22-75-27(3)64/h10-21,38-49,54-56,62H,22-24H2,1-9H3/t38-,39-,40-,41-,42-,43+,44-,45-,46+,47+,48-,49-,54+,55-,56+/m1/s1. The fourth-order valence-electron chi connectivity index (χ4n) is 9.89. The van der Waals surface area contributed by atoms with Crippen LogP contribution in [0.5, 0.6) is 0 Å². The van der Waals surface area contributed by atoms with Crippen molar-refractivity contribution in [2.24, 2.45) is 0 Å². The maximum Gasteiger partial charge on any atom is 0.338 e. The van der Waals surface area contributed by atoms with Crippen molar-refractivity contribution in [3.63, 3.8) is 0 Å². The summed E-state index contributed by atoms with van der Waals surface area (Å²) in [5.41, 5.74) is 0.991. The summed E-state index contributed by atoms with van der Waals surface area (Å²) in [6, 6.07) is 15.4. The third kappa shape index (κ3) is 17.3. The third-order valence-electron chi connectivity index (χ3n) is 13.6. The molecule has 0 bridgehead atoms. The molecule has 0 saturated carbocycles. The zero-order valence-corrected chi connectivity index (χ0v) is 51.2. The third-order valence-corrected chi connectivity index (χ3v) is 14.1. The first-order chi connectivity index (χ1) is 41.9. The second-order valence-corrected chi connectivity index (χ2v) is 22.8. The van der Waals surface area contributed by atoms with Crippen LogP contribution in [-0.4, -0.2) is 192 Å². The second-order valence-electron chi connectivity index (χ2n) is 20.5. The molecule has 4 aliphatic rings. The average Bonchev–Trinajstić information content (AvgIpc) is 2.09. The summed E-state index contributed by atoms with van der Waals surface area (Å²) in [5.74, 6) is -12.4. The van der Waals surface area contributed by atoms with Crippen LogP contribution in [0, 0.1) is 19.3 Å². The van der Waals surface area contributed by atoms with Crippen LogP contribution < -0.4 is 0 Å². The number of hydrogen-bond acceptors (Lipinski definition) is 27. The highest BCUT2D eigenvalue weighted by molar-refractivity contribution is 6.76. The first kappa shape index (κ1) is 68.7. The van der Waals surface area contributed by atoms with Crippen molar-refractivity contribution in [3.05, 3.63) is 106 Å². The monoisotopic (exact) mass is 1310 g/mol. The maximum absolute atomic E-state index is 14.6. The molecule has 0 unspecified atom stereocenters. The second kappa shape index (κ2) is 29.7. The molecule has 89 heavy (non-hydrogen) atoms. The smallest absolute Gasteiger partial charge is 0.338 e. The average molecular weight is 1310 g/mol. The number of alkyl halides is 3. The molecule has 3 aromatic rings. The fourth-order valence-corrected chi connectivity index (χ4v) is 10.0. The number of benzene rings is 3. The zero-order valence-electron chi connectivity index (χ0n) is 48.9. The Labute approximate surface area is 522 Å². The highest BCUT2D eigenvalue weighted by Gasteiger charge is 2.61. The molecule has 0 aromatic heterocycles. The van der Waals surface area contributed by atoms with E-state index in [1.54, 1.807) is 38.1 Å². The number of imide groups is 1. The number of esters is 9. The predicted molar refractivity (Wildman–Crippen MR) is 298 cm³/mol. The number of fused-ring (bicyclic) bond motifs is 1. The van der Waals surface area contributed by atoms with E-state index in [1.165, 1.54) is 48.5 Å². The lowest BCUT2D eigenvalue weighted by Crippen LogP contribution is -2.69. The summed E-state index contributed by atoms with van der Waals surface area (Å²) in [5, 5.41) is 8.73. The summed E-state index contributed by atoms with van der Waals surface area (Å²) in [4.78, 5) is 148. The number of carbonyl (C=O) groups excluding carboxylic acids is 11. The van der Waals surface area contributed by atoms with Crippen LogP contribution >= 0.6 is 34.8 Å². The molecule has 3 saturated heterocycles. The van der Waals surface area contributed by atoms with Gasteiger partial charge in [-0.05, 0) is 50.2 Å². The van der Waals surface area contributed by atoms with E-state index in [-0.39, 0.29) is 22.3 Å². The molecule has 2 amide bonds. The number of rotatable bonds is 20. The zero-order chi connectivity index (χ0) is 65.3. The van der Waals surface area contributed by atoms with Crippen LogP contribution in [-0.2, 0) is 105 Å². The molecule has 4 heterocycles. The molecule has 1 N–H and O–H groups in total. The van der Waals surface area contributed by atoms with Crippen molar-refractivity contribution in [3.8, 4) is 0 Å². The minimum atomic E-state index is -2.69. The summed E-state index contributed by atoms with van der Waals surface area (Å²) in [7, 11) is 0. The van der Waals surface area contributed by atoms with E-state index in [0.29, 0.717) is 4.90 Å². The van der Waals surface area contributed by atoms with Gasteiger partial charge < -0.3 is 71.1 Å². The van der Waals surface area contributed by atoms with Crippen molar-refractivity contribution in [1.29, 1.82) is 5.41 Å². The van der Waals surface area contributed by atoms with Crippen LogP contribution in [0.4, 0.5) is 0 Å². The first-order valence-electron chi connectivity index (χ1n) is 27.1.